The first-order valence-corrected chi connectivity index (χ1v) is 6.35. The average Bonchev–Trinajstić information content (AvgIpc) is 2.35. The van der Waals surface area contributed by atoms with Crippen molar-refractivity contribution >= 4 is 11.6 Å². The van der Waals surface area contributed by atoms with Gasteiger partial charge in [0.1, 0.15) is 11.6 Å². The van der Waals surface area contributed by atoms with Gasteiger partial charge in [0, 0.05) is 26.2 Å². The summed E-state index contributed by atoms with van der Waals surface area (Å²) in [5.41, 5.74) is 0. The number of anilines is 2. The van der Waals surface area contributed by atoms with Crippen LogP contribution in [-0.2, 0) is 4.74 Å². The van der Waals surface area contributed by atoms with Crippen LogP contribution in [0, 0.1) is 0 Å². The third-order valence-electron chi connectivity index (χ3n) is 2.51. The second-order valence-electron chi connectivity index (χ2n) is 3.69. The molecule has 0 saturated heterocycles. The van der Waals surface area contributed by atoms with Crippen LogP contribution in [0.2, 0.25) is 0 Å². The van der Waals surface area contributed by atoms with Gasteiger partial charge in [-0.25, -0.2) is 4.98 Å². The van der Waals surface area contributed by atoms with Crippen molar-refractivity contribution in [3.05, 3.63) is 18.2 Å². The van der Waals surface area contributed by atoms with Crippen LogP contribution in [-0.4, -0.2) is 37.8 Å². The number of nitrogens with one attached hydrogen (secondary N) is 1. The molecular weight excluding hydrogens is 214 g/mol. The van der Waals surface area contributed by atoms with Gasteiger partial charge in [0.25, 0.3) is 0 Å². The molecule has 0 bridgehead atoms. The topological polar surface area (TPSA) is 37.4 Å². The third kappa shape index (κ3) is 4.61. The highest BCUT2D eigenvalue weighted by atomic mass is 16.5. The summed E-state index contributed by atoms with van der Waals surface area (Å²) in [5.74, 6) is 1.94. The average molecular weight is 237 g/mol. The van der Waals surface area contributed by atoms with Crippen LogP contribution >= 0.6 is 0 Å². The zero-order valence-electron chi connectivity index (χ0n) is 11.1. The Balaban J connectivity index is 2.63. The van der Waals surface area contributed by atoms with Crippen LogP contribution in [0.3, 0.4) is 0 Å². The highest BCUT2D eigenvalue weighted by Gasteiger charge is 2.05. The minimum atomic E-state index is 0.747. The standard InChI is InChI=1S/C13H23N3O/c1-4-14-12-8-7-9-13(15-12)16(5-2)10-11-17-6-3/h7-9H,4-6,10-11H2,1-3H3,(H,14,15). The van der Waals surface area contributed by atoms with Gasteiger partial charge in [0.15, 0.2) is 0 Å². The molecular formula is C13H23N3O. The molecule has 1 rings (SSSR count). The molecule has 0 aromatic carbocycles. The summed E-state index contributed by atoms with van der Waals surface area (Å²) in [6, 6.07) is 6.06. The molecule has 0 radical (unpaired) electrons. The molecule has 4 heteroatoms. The van der Waals surface area contributed by atoms with E-state index in [-0.39, 0.29) is 0 Å². The van der Waals surface area contributed by atoms with Crippen LogP contribution in [0.25, 0.3) is 0 Å². The van der Waals surface area contributed by atoms with Crippen molar-refractivity contribution in [3.63, 3.8) is 0 Å². The Bertz CT molecular complexity index is 317. The number of nitrogens with zero attached hydrogens (tertiary/aromatic N) is 2. The molecule has 0 aliphatic heterocycles. The number of likely N-dealkylation sites (N-methyl/N-ethyl adjacent to an activating group) is 1. The highest BCUT2D eigenvalue weighted by Crippen LogP contribution is 2.13. The van der Waals surface area contributed by atoms with Crippen molar-refractivity contribution in [3.8, 4) is 0 Å². The van der Waals surface area contributed by atoms with E-state index in [0.29, 0.717) is 0 Å². The molecule has 0 aliphatic carbocycles. The molecule has 0 unspecified atom stereocenters. The van der Waals surface area contributed by atoms with E-state index in [1.165, 1.54) is 0 Å². The predicted octanol–water partition coefficient (Wildman–Crippen LogP) is 2.38. The van der Waals surface area contributed by atoms with Gasteiger partial charge in [-0.05, 0) is 32.9 Å². The van der Waals surface area contributed by atoms with Crippen LogP contribution < -0.4 is 10.2 Å². The molecule has 0 spiro atoms. The van der Waals surface area contributed by atoms with Crippen LogP contribution in [0.5, 0.6) is 0 Å². The first-order valence-electron chi connectivity index (χ1n) is 6.35. The van der Waals surface area contributed by atoms with E-state index in [1.54, 1.807) is 0 Å². The van der Waals surface area contributed by atoms with E-state index in [1.807, 2.05) is 25.1 Å². The summed E-state index contributed by atoms with van der Waals surface area (Å²) in [4.78, 5) is 6.79. The SMILES string of the molecule is CCNc1cccc(N(CC)CCOCC)n1. The lowest BCUT2D eigenvalue weighted by atomic mass is 10.4. The summed E-state index contributed by atoms with van der Waals surface area (Å²) in [5, 5.41) is 3.23. The first kappa shape index (κ1) is 13.8. The summed E-state index contributed by atoms with van der Waals surface area (Å²) in [6.07, 6.45) is 0. The molecule has 0 amide bonds. The van der Waals surface area contributed by atoms with Crippen molar-refractivity contribution < 1.29 is 4.74 Å². The molecule has 1 N–H and O–H groups in total. The van der Waals surface area contributed by atoms with Crippen molar-refractivity contribution in [2.75, 3.05) is 43.1 Å². The summed E-state index contributed by atoms with van der Waals surface area (Å²) < 4.78 is 5.38. The Kier molecular flexibility index (Phi) is 6.40. The Morgan fingerprint density at radius 2 is 2.12 bits per heavy atom. The second-order valence-corrected chi connectivity index (χ2v) is 3.69. The van der Waals surface area contributed by atoms with Gasteiger partial charge in [-0.15, -0.1) is 0 Å². The molecule has 96 valence electrons. The zero-order valence-corrected chi connectivity index (χ0v) is 11.1. The minimum absolute atomic E-state index is 0.747. The monoisotopic (exact) mass is 237 g/mol. The number of rotatable bonds is 8. The minimum Gasteiger partial charge on any atom is -0.380 e. The van der Waals surface area contributed by atoms with Gasteiger partial charge in [-0.2, -0.15) is 0 Å². The van der Waals surface area contributed by atoms with Gasteiger partial charge >= 0.3 is 0 Å². The van der Waals surface area contributed by atoms with Gasteiger partial charge < -0.3 is 15.0 Å². The normalized spacial score (nSPS) is 10.3. The number of pyridine rings is 1. The Morgan fingerprint density at radius 1 is 1.29 bits per heavy atom. The molecule has 0 saturated carbocycles. The largest absolute Gasteiger partial charge is 0.380 e. The van der Waals surface area contributed by atoms with Crippen molar-refractivity contribution in [2.45, 2.75) is 20.8 Å². The molecule has 17 heavy (non-hydrogen) atoms. The number of aromatic nitrogens is 1. The van der Waals surface area contributed by atoms with E-state index < -0.39 is 0 Å². The van der Waals surface area contributed by atoms with Gasteiger partial charge in [-0.3, -0.25) is 0 Å². The fraction of sp³-hybridized carbons (Fsp3) is 0.615. The van der Waals surface area contributed by atoms with E-state index in [2.05, 4.69) is 29.0 Å². The fourth-order valence-electron chi connectivity index (χ4n) is 1.63. The third-order valence-corrected chi connectivity index (χ3v) is 2.51. The van der Waals surface area contributed by atoms with Crippen molar-refractivity contribution in [2.24, 2.45) is 0 Å². The smallest absolute Gasteiger partial charge is 0.131 e. The summed E-state index contributed by atoms with van der Waals surface area (Å²) in [6.45, 7) is 10.4. The van der Waals surface area contributed by atoms with Crippen LogP contribution in [0.4, 0.5) is 11.6 Å². The quantitative estimate of drug-likeness (QED) is 0.704. The lowest BCUT2D eigenvalue weighted by molar-refractivity contribution is 0.154. The molecule has 0 fully saturated rings. The Hall–Kier alpha value is -1.29. The van der Waals surface area contributed by atoms with Crippen molar-refractivity contribution in [1.29, 1.82) is 0 Å². The second kappa shape index (κ2) is 7.90. The van der Waals surface area contributed by atoms with Gasteiger partial charge in [0.05, 0.1) is 6.61 Å². The molecule has 1 heterocycles. The number of ether oxygens (including phenoxy) is 1. The van der Waals surface area contributed by atoms with E-state index in [9.17, 15) is 0 Å². The maximum atomic E-state index is 5.38. The van der Waals surface area contributed by atoms with Crippen LogP contribution in [0.1, 0.15) is 20.8 Å². The maximum absolute atomic E-state index is 5.38. The summed E-state index contributed by atoms with van der Waals surface area (Å²) >= 11 is 0. The van der Waals surface area contributed by atoms with Crippen molar-refractivity contribution in [1.82, 2.24) is 4.98 Å². The molecule has 0 aliphatic rings. The number of hydrogen-bond donors (Lipinski definition) is 1. The number of hydrogen-bond acceptors (Lipinski definition) is 4. The Morgan fingerprint density at radius 3 is 2.76 bits per heavy atom. The van der Waals surface area contributed by atoms with Gasteiger partial charge in [0.2, 0.25) is 0 Å². The lowest BCUT2D eigenvalue weighted by Gasteiger charge is -2.22. The van der Waals surface area contributed by atoms with E-state index in [0.717, 1.165) is 44.5 Å². The fourth-order valence-corrected chi connectivity index (χ4v) is 1.63. The summed E-state index contributed by atoms with van der Waals surface area (Å²) in [7, 11) is 0. The maximum Gasteiger partial charge on any atom is 0.131 e. The molecule has 1 aromatic heterocycles. The predicted molar refractivity (Wildman–Crippen MR) is 72.8 cm³/mol. The Labute approximate surface area is 104 Å². The molecule has 1 aromatic rings. The lowest BCUT2D eigenvalue weighted by Crippen LogP contribution is -2.28. The van der Waals surface area contributed by atoms with Crippen LogP contribution in [0.15, 0.2) is 18.2 Å². The zero-order chi connectivity index (χ0) is 12.5. The highest BCUT2D eigenvalue weighted by molar-refractivity contribution is 5.46. The van der Waals surface area contributed by atoms with E-state index >= 15 is 0 Å². The molecule has 0 atom stereocenters. The first-order chi connectivity index (χ1) is 8.31. The molecule has 4 nitrogen and oxygen atoms in total. The van der Waals surface area contributed by atoms with E-state index in [4.69, 9.17) is 4.74 Å². The van der Waals surface area contributed by atoms with Gasteiger partial charge in [-0.1, -0.05) is 6.07 Å².